The Hall–Kier alpha value is -1.68. The van der Waals surface area contributed by atoms with E-state index in [4.69, 9.17) is 4.42 Å². The first kappa shape index (κ1) is 13.7. The normalized spacial score (nSPS) is 11.2. The van der Waals surface area contributed by atoms with Crippen molar-refractivity contribution in [3.8, 4) is 11.3 Å². The van der Waals surface area contributed by atoms with Gasteiger partial charge in [-0.05, 0) is 43.1 Å². The maximum atomic E-state index is 13.1. The summed E-state index contributed by atoms with van der Waals surface area (Å²) in [6.07, 6.45) is 1.69. The molecule has 19 heavy (non-hydrogen) atoms. The average molecular weight is 262 g/mol. The zero-order valence-corrected chi connectivity index (χ0v) is 11.5. The maximum Gasteiger partial charge on any atom is 0.208 e. The van der Waals surface area contributed by atoms with Gasteiger partial charge in [0, 0.05) is 5.56 Å². The van der Waals surface area contributed by atoms with Crippen LogP contribution in [0.15, 0.2) is 28.8 Å². The van der Waals surface area contributed by atoms with Gasteiger partial charge in [-0.3, -0.25) is 0 Å². The van der Waals surface area contributed by atoms with Crippen molar-refractivity contribution in [1.82, 2.24) is 10.3 Å². The van der Waals surface area contributed by atoms with Crippen LogP contribution in [0.3, 0.4) is 0 Å². The quantitative estimate of drug-likeness (QED) is 0.895. The first-order valence-electron chi connectivity index (χ1n) is 6.48. The molecule has 102 valence electrons. The molecule has 0 saturated heterocycles. The number of benzene rings is 1. The van der Waals surface area contributed by atoms with E-state index in [1.165, 1.54) is 12.1 Å². The summed E-state index contributed by atoms with van der Waals surface area (Å²) >= 11 is 0. The SMILES string of the molecule is Cc1cc(F)ccc1-c1cnc(CNCC(C)C)o1. The molecule has 0 amide bonds. The van der Waals surface area contributed by atoms with Crippen molar-refractivity contribution in [2.45, 2.75) is 27.3 Å². The Labute approximate surface area is 112 Å². The number of hydrogen-bond acceptors (Lipinski definition) is 3. The van der Waals surface area contributed by atoms with E-state index in [-0.39, 0.29) is 5.82 Å². The number of aromatic nitrogens is 1. The van der Waals surface area contributed by atoms with E-state index in [0.717, 1.165) is 17.7 Å². The standard InChI is InChI=1S/C15H19FN2O/c1-10(2)7-17-9-15-18-8-14(19-15)13-5-4-12(16)6-11(13)3/h4-6,8,10,17H,7,9H2,1-3H3. The molecule has 2 rings (SSSR count). The molecule has 2 aromatic rings. The van der Waals surface area contributed by atoms with Crippen LogP contribution in [0, 0.1) is 18.7 Å². The van der Waals surface area contributed by atoms with E-state index in [0.29, 0.717) is 24.1 Å². The molecule has 3 nitrogen and oxygen atoms in total. The minimum Gasteiger partial charge on any atom is -0.439 e. The molecule has 0 atom stereocenters. The van der Waals surface area contributed by atoms with Gasteiger partial charge in [-0.25, -0.2) is 9.37 Å². The molecule has 1 heterocycles. The second-order valence-electron chi connectivity index (χ2n) is 5.10. The van der Waals surface area contributed by atoms with Crippen LogP contribution in [0.25, 0.3) is 11.3 Å². The molecule has 0 aliphatic heterocycles. The molecule has 0 bridgehead atoms. The molecule has 0 aliphatic carbocycles. The molecular weight excluding hydrogens is 243 g/mol. The number of nitrogens with zero attached hydrogens (tertiary/aromatic N) is 1. The largest absolute Gasteiger partial charge is 0.439 e. The lowest BCUT2D eigenvalue weighted by Gasteiger charge is -2.04. The van der Waals surface area contributed by atoms with Gasteiger partial charge in [-0.2, -0.15) is 0 Å². The number of hydrogen-bond donors (Lipinski definition) is 1. The highest BCUT2D eigenvalue weighted by Gasteiger charge is 2.09. The summed E-state index contributed by atoms with van der Waals surface area (Å²) in [5, 5.41) is 3.27. The lowest BCUT2D eigenvalue weighted by Crippen LogP contribution is -2.18. The molecule has 1 N–H and O–H groups in total. The molecule has 0 saturated carbocycles. The molecule has 1 aromatic heterocycles. The van der Waals surface area contributed by atoms with E-state index < -0.39 is 0 Å². The van der Waals surface area contributed by atoms with Gasteiger partial charge in [0.2, 0.25) is 5.89 Å². The highest BCUT2D eigenvalue weighted by molar-refractivity contribution is 5.60. The zero-order chi connectivity index (χ0) is 13.8. The fourth-order valence-electron chi connectivity index (χ4n) is 1.89. The maximum absolute atomic E-state index is 13.1. The lowest BCUT2D eigenvalue weighted by atomic mass is 10.1. The van der Waals surface area contributed by atoms with Crippen molar-refractivity contribution in [2.24, 2.45) is 5.92 Å². The van der Waals surface area contributed by atoms with Crippen molar-refractivity contribution >= 4 is 0 Å². The molecule has 1 aromatic carbocycles. The van der Waals surface area contributed by atoms with Crippen molar-refractivity contribution < 1.29 is 8.81 Å². The van der Waals surface area contributed by atoms with E-state index in [2.05, 4.69) is 24.1 Å². The summed E-state index contributed by atoms with van der Waals surface area (Å²) in [6, 6.07) is 4.65. The van der Waals surface area contributed by atoms with Crippen LogP contribution in [0.1, 0.15) is 25.3 Å². The molecule has 0 fully saturated rings. The second-order valence-corrected chi connectivity index (χ2v) is 5.10. The van der Waals surface area contributed by atoms with E-state index >= 15 is 0 Å². The first-order valence-corrected chi connectivity index (χ1v) is 6.48. The lowest BCUT2D eigenvalue weighted by molar-refractivity contribution is 0.459. The number of rotatable bonds is 5. The fourth-order valence-corrected chi connectivity index (χ4v) is 1.89. The zero-order valence-electron chi connectivity index (χ0n) is 11.5. The van der Waals surface area contributed by atoms with Crippen LogP contribution in [0.5, 0.6) is 0 Å². The third-order valence-electron chi connectivity index (χ3n) is 2.84. The van der Waals surface area contributed by atoms with Gasteiger partial charge >= 0.3 is 0 Å². The van der Waals surface area contributed by atoms with Crippen molar-refractivity contribution in [3.05, 3.63) is 41.7 Å². The molecule has 0 aliphatic rings. The van der Waals surface area contributed by atoms with Crippen LogP contribution in [-0.2, 0) is 6.54 Å². The molecule has 0 radical (unpaired) electrons. The second kappa shape index (κ2) is 5.97. The number of aryl methyl sites for hydroxylation is 1. The van der Waals surface area contributed by atoms with Crippen molar-refractivity contribution in [1.29, 1.82) is 0 Å². The molecule has 0 spiro atoms. The average Bonchev–Trinajstić information content (AvgIpc) is 2.77. The Balaban J connectivity index is 2.08. The molecule has 4 heteroatoms. The van der Waals surface area contributed by atoms with Gasteiger partial charge in [-0.1, -0.05) is 13.8 Å². The summed E-state index contributed by atoms with van der Waals surface area (Å²) in [4.78, 5) is 4.23. The smallest absolute Gasteiger partial charge is 0.208 e. The highest BCUT2D eigenvalue weighted by atomic mass is 19.1. The van der Waals surface area contributed by atoms with Crippen molar-refractivity contribution in [2.75, 3.05) is 6.54 Å². The van der Waals surface area contributed by atoms with Gasteiger partial charge in [0.25, 0.3) is 0 Å². The van der Waals surface area contributed by atoms with Crippen LogP contribution < -0.4 is 5.32 Å². The number of oxazole rings is 1. The summed E-state index contributed by atoms with van der Waals surface area (Å²) in [5.41, 5.74) is 1.72. The Bertz CT molecular complexity index is 549. The Morgan fingerprint density at radius 2 is 2.16 bits per heavy atom. The minimum atomic E-state index is -0.236. The van der Waals surface area contributed by atoms with E-state index in [1.807, 2.05) is 6.92 Å². The predicted octanol–water partition coefficient (Wildman–Crippen LogP) is 3.53. The Morgan fingerprint density at radius 3 is 2.84 bits per heavy atom. The predicted molar refractivity (Wildman–Crippen MR) is 73.2 cm³/mol. The van der Waals surface area contributed by atoms with Crippen LogP contribution in [0.2, 0.25) is 0 Å². The van der Waals surface area contributed by atoms with Gasteiger partial charge in [0.05, 0.1) is 12.7 Å². The number of nitrogens with one attached hydrogen (secondary N) is 1. The van der Waals surface area contributed by atoms with Crippen LogP contribution in [0.4, 0.5) is 4.39 Å². The minimum absolute atomic E-state index is 0.236. The van der Waals surface area contributed by atoms with Gasteiger partial charge in [-0.15, -0.1) is 0 Å². The Kier molecular flexibility index (Phi) is 4.32. The van der Waals surface area contributed by atoms with Gasteiger partial charge < -0.3 is 9.73 Å². The summed E-state index contributed by atoms with van der Waals surface area (Å²) in [5.74, 6) is 1.69. The summed E-state index contributed by atoms with van der Waals surface area (Å²) < 4.78 is 18.7. The third-order valence-corrected chi connectivity index (χ3v) is 2.84. The molecule has 0 unspecified atom stereocenters. The first-order chi connectivity index (χ1) is 9.06. The molecular formula is C15H19FN2O. The Morgan fingerprint density at radius 1 is 1.37 bits per heavy atom. The number of halogens is 1. The van der Waals surface area contributed by atoms with Crippen LogP contribution >= 0.6 is 0 Å². The van der Waals surface area contributed by atoms with Crippen LogP contribution in [-0.4, -0.2) is 11.5 Å². The van der Waals surface area contributed by atoms with E-state index in [1.54, 1.807) is 12.3 Å². The summed E-state index contributed by atoms with van der Waals surface area (Å²) in [7, 11) is 0. The summed E-state index contributed by atoms with van der Waals surface area (Å²) in [6.45, 7) is 7.69. The topological polar surface area (TPSA) is 38.1 Å². The third kappa shape index (κ3) is 3.64. The van der Waals surface area contributed by atoms with Crippen molar-refractivity contribution in [3.63, 3.8) is 0 Å². The van der Waals surface area contributed by atoms with Gasteiger partial charge in [0.1, 0.15) is 5.82 Å². The highest BCUT2D eigenvalue weighted by Crippen LogP contribution is 2.24. The van der Waals surface area contributed by atoms with E-state index in [9.17, 15) is 4.39 Å². The van der Waals surface area contributed by atoms with Gasteiger partial charge in [0.15, 0.2) is 5.76 Å². The fraction of sp³-hybridized carbons (Fsp3) is 0.400. The monoisotopic (exact) mass is 262 g/mol.